The Hall–Kier alpha value is -1.67. The predicted molar refractivity (Wildman–Crippen MR) is 59.3 cm³/mol. The molecule has 1 aromatic carbocycles. The van der Waals surface area contributed by atoms with E-state index < -0.39 is 6.10 Å². The van der Waals surface area contributed by atoms with E-state index in [-0.39, 0.29) is 0 Å². The molecule has 1 heterocycles. The molecule has 2 rings (SSSR count). The number of aliphatic hydroxyl groups excluding tert-OH is 1. The van der Waals surface area contributed by atoms with Crippen LogP contribution in [0.15, 0.2) is 54.9 Å². The zero-order valence-corrected chi connectivity index (χ0v) is 8.38. The fourth-order valence-corrected chi connectivity index (χ4v) is 1.54. The molecule has 2 aromatic rings. The van der Waals surface area contributed by atoms with E-state index in [1.165, 1.54) is 0 Å². The normalized spacial score (nSPS) is 12.3. The van der Waals surface area contributed by atoms with Gasteiger partial charge in [0, 0.05) is 18.8 Å². The van der Waals surface area contributed by atoms with E-state index in [1.54, 1.807) is 12.4 Å². The maximum atomic E-state index is 9.95. The fourth-order valence-electron chi connectivity index (χ4n) is 1.54. The molecule has 0 spiro atoms. The fraction of sp³-hybridized carbons (Fsp3) is 0.154. The number of nitrogens with zero attached hydrogens (tertiary/aromatic N) is 1. The summed E-state index contributed by atoms with van der Waals surface area (Å²) in [4.78, 5) is 4.02. The smallest absolute Gasteiger partial charge is 0.0830 e. The molecule has 2 nitrogen and oxygen atoms in total. The molecule has 0 saturated carbocycles. The minimum absolute atomic E-state index is 0.449. The maximum absolute atomic E-state index is 9.95. The Bertz CT molecular complexity index is 399. The number of aromatic nitrogens is 1. The SMILES string of the molecule is O[C@@H](Cc1cccnc1)c1ccccc1. The monoisotopic (exact) mass is 199 g/mol. The Kier molecular flexibility index (Phi) is 3.10. The van der Waals surface area contributed by atoms with Crippen molar-refractivity contribution in [2.75, 3.05) is 0 Å². The Labute approximate surface area is 89.2 Å². The van der Waals surface area contributed by atoms with E-state index in [1.807, 2.05) is 42.5 Å². The highest BCUT2D eigenvalue weighted by molar-refractivity contribution is 5.20. The predicted octanol–water partition coefficient (Wildman–Crippen LogP) is 2.36. The summed E-state index contributed by atoms with van der Waals surface area (Å²) in [7, 11) is 0. The summed E-state index contributed by atoms with van der Waals surface area (Å²) in [5.74, 6) is 0. The molecule has 1 N–H and O–H groups in total. The van der Waals surface area contributed by atoms with Crippen LogP contribution in [0.5, 0.6) is 0 Å². The number of rotatable bonds is 3. The van der Waals surface area contributed by atoms with Crippen LogP contribution < -0.4 is 0 Å². The highest BCUT2D eigenvalue weighted by atomic mass is 16.3. The summed E-state index contributed by atoms with van der Waals surface area (Å²) in [6.45, 7) is 0. The average Bonchev–Trinajstić information content (AvgIpc) is 2.31. The van der Waals surface area contributed by atoms with Gasteiger partial charge in [0.15, 0.2) is 0 Å². The van der Waals surface area contributed by atoms with E-state index >= 15 is 0 Å². The molecule has 0 unspecified atom stereocenters. The van der Waals surface area contributed by atoms with Crippen molar-refractivity contribution in [2.45, 2.75) is 12.5 Å². The van der Waals surface area contributed by atoms with Gasteiger partial charge in [-0.15, -0.1) is 0 Å². The molecule has 2 heteroatoms. The van der Waals surface area contributed by atoms with Crippen LogP contribution in [0, 0.1) is 0 Å². The van der Waals surface area contributed by atoms with Gasteiger partial charge in [-0.1, -0.05) is 36.4 Å². The summed E-state index contributed by atoms with van der Waals surface area (Å²) >= 11 is 0. The lowest BCUT2D eigenvalue weighted by molar-refractivity contribution is 0.178. The van der Waals surface area contributed by atoms with Crippen LogP contribution in [0.3, 0.4) is 0 Å². The number of aliphatic hydroxyl groups is 1. The van der Waals surface area contributed by atoms with Crippen molar-refractivity contribution in [3.05, 3.63) is 66.0 Å². The molecule has 0 aliphatic rings. The molecule has 15 heavy (non-hydrogen) atoms. The van der Waals surface area contributed by atoms with Crippen molar-refractivity contribution in [1.29, 1.82) is 0 Å². The second-order valence-electron chi connectivity index (χ2n) is 3.49. The van der Waals surface area contributed by atoms with Gasteiger partial charge in [0.25, 0.3) is 0 Å². The number of pyridine rings is 1. The lowest BCUT2D eigenvalue weighted by atomic mass is 10.0. The van der Waals surface area contributed by atoms with E-state index in [0.717, 1.165) is 11.1 Å². The zero-order chi connectivity index (χ0) is 10.5. The largest absolute Gasteiger partial charge is 0.388 e. The topological polar surface area (TPSA) is 33.1 Å². The lowest BCUT2D eigenvalue weighted by Gasteiger charge is -2.10. The molecule has 0 radical (unpaired) electrons. The Morgan fingerprint density at radius 2 is 1.87 bits per heavy atom. The summed E-state index contributed by atoms with van der Waals surface area (Å²) in [5, 5.41) is 9.95. The maximum Gasteiger partial charge on any atom is 0.0830 e. The molecular formula is C13H13NO. The molecule has 0 saturated heterocycles. The first-order chi connectivity index (χ1) is 7.36. The van der Waals surface area contributed by atoms with Crippen molar-refractivity contribution in [3.63, 3.8) is 0 Å². The zero-order valence-electron chi connectivity index (χ0n) is 8.38. The molecule has 0 aliphatic heterocycles. The van der Waals surface area contributed by atoms with Crippen molar-refractivity contribution < 1.29 is 5.11 Å². The highest BCUT2D eigenvalue weighted by Gasteiger charge is 2.07. The van der Waals surface area contributed by atoms with Gasteiger partial charge < -0.3 is 5.11 Å². The first-order valence-electron chi connectivity index (χ1n) is 4.98. The minimum atomic E-state index is -0.449. The first kappa shape index (κ1) is 9.87. The standard InChI is InChI=1S/C13H13NO/c15-13(12-6-2-1-3-7-12)9-11-5-4-8-14-10-11/h1-8,10,13,15H,9H2/t13-/m0/s1. The minimum Gasteiger partial charge on any atom is -0.388 e. The van der Waals surface area contributed by atoms with Crippen molar-refractivity contribution in [2.24, 2.45) is 0 Å². The second kappa shape index (κ2) is 4.71. The van der Waals surface area contributed by atoms with Crippen LogP contribution in [0.1, 0.15) is 17.2 Å². The Balaban J connectivity index is 2.08. The van der Waals surface area contributed by atoms with Gasteiger partial charge in [0.2, 0.25) is 0 Å². The van der Waals surface area contributed by atoms with Crippen molar-refractivity contribution in [1.82, 2.24) is 4.98 Å². The molecule has 0 fully saturated rings. The van der Waals surface area contributed by atoms with Crippen LogP contribution in [0.2, 0.25) is 0 Å². The molecule has 76 valence electrons. The van der Waals surface area contributed by atoms with Gasteiger partial charge in [-0.3, -0.25) is 4.98 Å². The third-order valence-electron chi connectivity index (χ3n) is 2.34. The Morgan fingerprint density at radius 1 is 1.07 bits per heavy atom. The van der Waals surface area contributed by atoms with Crippen LogP contribution >= 0.6 is 0 Å². The number of hydrogen-bond donors (Lipinski definition) is 1. The molecule has 1 atom stereocenters. The number of hydrogen-bond acceptors (Lipinski definition) is 2. The van der Waals surface area contributed by atoms with E-state index in [9.17, 15) is 5.11 Å². The summed E-state index contributed by atoms with van der Waals surface area (Å²) in [6, 6.07) is 13.5. The van der Waals surface area contributed by atoms with Gasteiger partial charge in [-0.2, -0.15) is 0 Å². The van der Waals surface area contributed by atoms with Crippen LogP contribution in [0.25, 0.3) is 0 Å². The second-order valence-corrected chi connectivity index (χ2v) is 3.49. The Morgan fingerprint density at radius 3 is 2.53 bits per heavy atom. The first-order valence-corrected chi connectivity index (χ1v) is 4.98. The van der Waals surface area contributed by atoms with Crippen LogP contribution in [0.4, 0.5) is 0 Å². The van der Waals surface area contributed by atoms with Crippen molar-refractivity contribution >= 4 is 0 Å². The van der Waals surface area contributed by atoms with Gasteiger partial charge in [-0.25, -0.2) is 0 Å². The van der Waals surface area contributed by atoms with Crippen LogP contribution in [-0.2, 0) is 6.42 Å². The third-order valence-corrected chi connectivity index (χ3v) is 2.34. The summed E-state index contributed by atoms with van der Waals surface area (Å²) in [6.07, 6.45) is 3.68. The van der Waals surface area contributed by atoms with Gasteiger partial charge in [-0.05, 0) is 17.2 Å². The lowest BCUT2D eigenvalue weighted by Crippen LogP contribution is -2.01. The van der Waals surface area contributed by atoms with Crippen molar-refractivity contribution in [3.8, 4) is 0 Å². The quantitative estimate of drug-likeness (QED) is 0.823. The van der Waals surface area contributed by atoms with E-state index in [2.05, 4.69) is 4.98 Å². The van der Waals surface area contributed by atoms with E-state index in [0.29, 0.717) is 6.42 Å². The molecule has 0 aliphatic carbocycles. The van der Waals surface area contributed by atoms with Gasteiger partial charge in [0.05, 0.1) is 6.10 Å². The molecule has 0 amide bonds. The molecule has 0 bridgehead atoms. The van der Waals surface area contributed by atoms with E-state index in [4.69, 9.17) is 0 Å². The average molecular weight is 199 g/mol. The summed E-state index contributed by atoms with van der Waals surface area (Å²) in [5.41, 5.74) is 2.00. The van der Waals surface area contributed by atoms with Gasteiger partial charge in [0.1, 0.15) is 0 Å². The van der Waals surface area contributed by atoms with Crippen LogP contribution in [-0.4, -0.2) is 10.1 Å². The third kappa shape index (κ3) is 2.64. The molecule has 1 aromatic heterocycles. The highest BCUT2D eigenvalue weighted by Crippen LogP contribution is 2.16. The number of benzene rings is 1. The van der Waals surface area contributed by atoms with Gasteiger partial charge >= 0.3 is 0 Å². The molecular weight excluding hydrogens is 186 g/mol. The summed E-state index contributed by atoms with van der Waals surface area (Å²) < 4.78 is 0.